The minimum atomic E-state index is -0.666. The largest absolute Gasteiger partial charge is 0.494 e. The number of unbranched alkanes of at least 4 members (excludes halogenated alkanes) is 27. The van der Waals surface area contributed by atoms with Crippen molar-refractivity contribution in [2.24, 2.45) is 0 Å². The quantitative estimate of drug-likeness (QED) is 0.0322. The maximum Gasteiger partial charge on any atom is 0.343 e. The molecule has 0 aliphatic carbocycles. The van der Waals surface area contributed by atoms with Crippen molar-refractivity contribution in [3.05, 3.63) is 129 Å². The fraction of sp³-hybridized carbons (Fsp3) is 0.545. The van der Waals surface area contributed by atoms with Crippen LogP contribution in [0.25, 0.3) is 0 Å². The van der Waals surface area contributed by atoms with E-state index in [1.54, 1.807) is 48.5 Å². The average Bonchev–Trinajstić information content (AvgIpc) is 3.72. The Morgan fingerprint density at radius 1 is 0.333 bits per heavy atom. The summed E-state index contributed by atoms with van der Waals surface area (Å²) in [7, 11) is 0. The lowest BCUT2D eigenvalue weighted by molar-refractivity contribution is -0.117. The molecule has 0 spiro atoms. The SMILES string of the molecule is CCCCCCCCCCCCCCOc1ccc(C(=O)Oc2ccc(NC(=O)CCCCCCCCC(=O)Nc3ccc(OC(=O)c4ccc(OCCCCCCCCCCCCCC)cc4)c(=O)cc3)ccc2=O)cc1. The molecule has 4 aromatic rings. The number of amides is 2. The molecular formula is C66H92N2O10. The van der Waals surface area contributed by atoms with Gasteiger partial charge in [-0.05, 0) is 123 Å². The van der Waals surface area contributed by atoms with Gasteiger partial charge in [0.05, 0.1) is 24.3 Å². The van der Waals surface area contributed by atoms with E-state index in [1.165, 1.54) is 177 Å². The van der Waals surface area contributed by atoms with Crippen LogP contribution in [-0.4, -0.2) is 37.0 Å². The Morgan fingerprint density at radius 3 is 0.936 bits per heavy atom. The lowest BCUT2D eigenvalue weighted by Gasteiger charge is -2.07. The maximum absolute atomic E-state index is 12.9. The highest BCUT2D eigenvalue weighted by molar-refractivity contribution is 5.93. The van der Waals surface area contributed by atoms with Gasteiger partial charge in [-0.15, -0.1) is 0 Å². The molecular weight excluding hydrogens is 981 g/mol. The van der Waals surface area contributed by atoms with Crippen molar-refractivity contribution in [1.29, 1.82) is 0 Å². The van der Waals surface area contributed by atoms with Crippen molar-refractivity contribution < 1.29 is 38.1 Å². The van der Waals surface area contributed by atoms with E-state index in [-0.39, 0.29) is 34.4 Å². The fourth-order valence-corrected chi connectivity index (χ4v) is 9.12. The van der Waals surface area contributed by atoms with Gasteiger partial charge >= 0.3 is 11.9 Å². The summed E-state index contributed by atoms with van der Waals surface area (Å²) in [5, 5.41) is 5.64. The second-order valence-electron chi connectivity index (χ2n) is 20.7. The number of anilines is 2. The van der Waals surface area contributed by atoms with Gasteiger partial charge in [-0.3, -0.25) is 19.2 Å². The molecule has 4 rings (SSSR count). The predicted octanol–water partition coefficient (Wildman–Crippen LogP) is 16.7. The number of esters is 2. The van der Waals surface area contributed by atoms with Crippen LogP contribution in [0.2, 0.25) is 0 Å². The molecule has 0 saturated heterocycles. The highest BCUT2D eigenvalue weighted by Gasteiger charge is 2.14. The van der Waals surface area contributed by atoms with Crippen LogP contribution in [0.4, 0.5) is 11.4 Å². The highest BCUT2D eigenvalue weighted by atomic mass is 16.5. The summed E-state index contributed by atoms with van der Waals surface area (Å²) in [6.45, 7) is 5.74. The Hall–Kier alpha value is -6.30. The van der Waals surface area contributed by atoms with Crippen molar-refractivity contribution >= 4 is 35.1 Å². The molecule has 12 heteroatoms. The summed E-state index contributed by atoms with van der Waals surface area (Å²) in [5.41, 5.74) is 0.419. The van der Waals surface area contributed by atoms with Gasteiger partial charge in [-0.2, -0.15) is 0 Å². The molecule has 0 unspecified atom stereocenters. The van der Waals surface area contributed by atoms with Gasteiger partial charge < -0.3 is 29.6 Å². The Balaban J connectivity index is 1.02. The van der Waals surface area contributed by atoms with Gasteiger partial charge in [-0.1, -0.05) is 181 Å². The van der Waals surface area contributed by atoms with Crippen LogP contribution in [0.15, 0.2) is 107 Å². The van der Waals surface area contributed by atoms with E-state index in [4.69, 9.17) is 18.9 Å². The first kappa shape index (κ1) is 64.2. The Labute approximate surface area is 466 Å². The molecule has 0 fully saturated rings. The fourth-order valence-electron chi connectivity index (χ4n) is 9.12. The Kier molecular flexibility index (Phi) is 33.6. The van der Waals surface area contributed by atoms with E-state index in [2.05, 4.69) is 24.5 Å². The number of hydrogen-bond donors (Lipinski definition) is 2. The van der Waals surface area contributed by atoms with Gasteiger partial charge in [0, 0.05) is 24.2 Å². The van der Waals surface area contributed by atoms with Crippen LogP contribution in [0.1, 0.15) is 240 Å². The van der Waals surface area contributed by atoms with Gasteiger partial charge in [-0.25, -0.2) is 9.59 Å². The summed E-state index contributed by atoms with van der Waals surface area (Å²) in [5.74, 6) is -0.654. The summed E-state index contributed by atoms with van der Waals surface area (Å²) in [4.78, 5) is 76.7. The first-order valence-electron chi connectivity index (χ1n) is 29.9. The minimum absolute atomic E-state index is 0.144. The Morgan fingerprint density at radius 2 is 0.615 bits per heavy atom. The topological polar surface area (TPSA) is 163 Å². The third-order valence-electron chi connectivity index (χ3n) is 13.9. The van der Waals surface area contributed by atoms with Crippen molar-refractivity contribution in [3.63, 3.8) is 0 Å². The second-order valence-corrected chi connectivity index (χ2v) is 20.7. The maximum atomic E-state index is 12.9. The van der Waals surface area contributed by atoms with Crippen LogP contribution in [0.3, 0.4) is 0 Å². The monoisotopic (exact) mass is 1070 g/mol. The molecule has 0 saturated carbocycles. The number of carbonyl (C=O) groups excluding carboxylic acids is 4. The number of nitrogens with one attached hydrogen (secondary N) is 2. The van der Waals surface area contributed by atoms with Crippen molar-refractivity contribution in [2.45, 2.75) is 219 Å². The van der Waals surface area contributed by atoms with Crippen LogP contribution >= 0.6 is 0 Å². The molecule has 4 aromatic carbocycles. The summed E-state index contributed by atoms with van der Waals surface area (Å²) in [6.07, 6.45) is 36.2. The van der Waals surface area contributed by atoms with Crippen LogP contribution in [0, 0.1) is 0 Å². The number of carbonyl (C=O) groups is 4. The predicted molar refractivity (Wildman–Crippen MR) is 316 cm³/mol. The number of ether oxygens (including phenoxy) is 4. The van der Waals surface area contributed by atoms with Gasteiger partial charge in [0.1, 0.15) is 11.5 Å². The molecule has 0 heterocycles. The van der Waals surface area contributed by atoms with Crippen LogP contribution in [-0.2, 0) is 9.59 Å². The zero-order valence-electron chi connectivity index (χ0n) is 47.4. The van der Waals surface area contributed by atoms with E-state index in [0.29, 0.717) is 61.8 Å². The molecule has 0 aromatic heterocycles. The second kappa shape index (κ2) is 40.8. The third kappa shape index (κ3) is 28.9. The standard InChI is InChI=1S/C66H92N2O10/c1-3-5-7-9-11-13-15-17-19-23-27-31-51-75-57-43-35-53(36-44-57)65(73)77-61-49-41-55(39-47-59(61)69)67-63(71)33-29-25-21-22-26-30-34-64(72)68-56-40-48-60(70)62(50-42-56)78-66(74)54-37-45-58(46-38-54)76-52-32-28-24-20-18-16-14-12-10-8-6-4-2/h35-50H,3-34,51-52H2,1-2H3,(H,67,71)(H,68,72). The Bertz CT molecular complexity index is 2270. The average molecular weight is 1070 g/mol. The molecule has 78 heavy (non-hydrogen) atoms. The van der Waals surface area contributed by atoms with Gasteiger partial charge in [0.15, 0.2) is 11.5 Å². The van der Waals surface area contributed by atoms with Crippen molar-refractivity contribution in [3.8, 4) is 23.0 Å². The van der Waals surface area contributed by atoms with Gasteiger partial charge in [0.2, 0.25) is 22.7 Å². The van der Waals surface area contributed by atoms with E-state index in [0.717, 1.165) is 51.4 Å². The minimum Gasteiger partial charge on any atom is -0.494 e. The summed E-state index contributed by atoms with van der Waals surface area (Å²) < 4.78 is 22.6. The van der Waals surface area contributed by atoms with Crippen LogP contribution < -0.4 is 40.4 Å². The smallest absolute Gasteiger partial charge is 0.343 e. The van der Waals surface area contributed by atoms with E-state index < -0.39 is 22.8 Å². The molecule has 0 bridgehead atoms. The van der Waals surface area contributed by atoms with E-state index in [9.17, 15) is 28.8 Å². The molecule has 12 nitrogen and oxygen atoms in total. The molecule has 0 radical (unpaired) electrons. The zero-order chi connectivity index (χ0) is 55.7. The first-order valence-corrected chi connectivity index (χ1v) is 29.9. The molecule has 2 N–H and O–H groups in total. The van der Waals surface area contributed by atoms with Gasteiger partial charge in [0.25, 0.3) is 0 Å². The number of benzene rings is 2. The molecule has 2 amide bonds. The summed E-state index contributed by atoms with van der Waals surface area (Å²) >= 11 is 0. The molecule has 0 aliphatic heterocycles. The molecule has 0 aliphatic rings. The molecule has 426 valence electrons. The lowest BCUT2D eigenvalue weighted by atomic mass is 10.1. The zero-order valence-corrected chi connectivity index (χ0v) is 47.4. The number of hydrogen-bond acceptors (Lipinski definition) is 10. The van der Waals surface area contributed by atoms with Crippen LogP contribution in [0.5, 0.6) is 23.0 Å². The number of rotatable bonds is 43. The molecule has 0 atom stereocenters. The van der Waals surface area contributed by atoms with E-state index >= 15 is 0 Å². The normalized spacial score (nSPS) is 10.9. The van der Waals surface area contributed by atoms with Crippen molar-refractivity contribution in [2.75, 3.05) is 23.8 Å². The lowest BCUT2D eigenvalue weighted by Crippen LogP contribution is -2.13. The first-order chi connectivity index (χ1) is 38.1. The van der Waals surface area contributed by atoms with E-state index in [1.807, 2.05) is 0 Å². The third-order valence-corrected chi connectivity index (χ3v) is 13.9. The highest BCUT2D eigenvalue weighted by Crippen LogP contribution is 2.20. The summed E-state index contributed by atoms with van der Waals surface area (Å²) in [6, 6.07) is 24.7. The van der Waals surface area contributed by atoms with Crippen molar-refractivity contribution in [1.82, 2.24) is 0 Å².